The van der Waals surface area contributed by atoms with E-state index in [4.69, 9.17) is 11.0 Å². The molecule has 2 rings (SSSR count). The zero-order valence-electron chi connectivity index (χ0n) is 9.17. The van der Waals surface area contributed by atoms with Gasteiger partial charge >= 0.3 is 12.1 Å². The Labute approximate surface area is 102 Å². The molecule has 1 aromatic heterocycles. The Morgan fingerprint density at radius 1 is 1.65 bits per heavy atom. The molecule has 92 valence electrons. The quantitative estimate of drug-likeness (QED) is 0.736. The molecule has 17 heavy (non-hydrogen) atoms. The van der Waals surface area contributed by atoms with E-state index >= 15 is 0 Å². The van der Waals surface area contributed by atoms with Crippen LogP contribution in [0.3, 0.4) is 0 Å². The number of nitrogens with zero attached hydrogens (tertiary/aromatic N) is 1. The number of nitrogens with two attached hydrogens (primary N) is 1. The fourth-order valence-electron chi connectivity index (χ4n) is 1.99. The van der Waals surface area contributed by atoms with E-state index in [1.165, 1.54) is 16.2 Å². The Balaban J connectivity index is 2.31. The molecule has 0 saturated heterocycles. The number of carboxylic acid groups (broad SMARTS) is 1. The van der Waals surface area contributed by atoms with Gasteiger partial charge in [-0.15, -0.1) is 11.3 Å². The second kappa shape index (κ2) is 4.34. The number of carbonyl (C=O) groups is 2. The van der Waals surface area contributed by atoms with Crippen molar-refractivity contribution in [3.8, 4) is 0 Å². The van der Waals surface area contributed by atoms with Gasteiger partial charge in [0.15, 0.2) is 0 Å². The summed E-state index contributed by atoms with van der Waals surface area (Å²) in [7, 11) is 0. The minimum atomic E-state index is -0.926. The second-order valence-corrected chi connectivity index (χ2v) is 4.89. The Morgan fingerprint density at radius 2 is 2.35 bits per heavy atom. The highest BCUT2D eigenvalue weighted by molar-refractivity contribution is 7.10. The molecule has 0 radical (unpaired) electrons. The van der Waals surface area contributed by atoms with E-state index < -0.39 is 12.1 Å². The highest BCUT2D eigenvalue weighted by Crippen LogP contribution is 2.31. The van der Waals surface area contributed by atoms with E-state index in [2.05, 4.69) is 4.84 Å². The molecule has 0 aromatic carbocycles. The molecule has 6 nitrogen and oxygen atoms in total. The van der Waals surface area contributed by atoms with Crippen LogP contribution in [0.1, 0.15) is 27.7 Å². The van der Waals surface area contributed by atoms with Crippen molar-refractivity contribution in [2.24, 2.45) is 5.90 Å². The molecular weight excluding hydrogens is 244 g/mol. The van der Waals surface area contributed by atoms with Crippen molar-refractivity contribution in [1.82, 2.24) is 4.90 Å². The van der Waals surface area contributed by atoms with Gasteiger partial charge in [-0.25, -0.2) is 9.59 Å². The van der Waals surface area contributed by atoms with E-state index in [0.29, 0.717) is 18.5 Å². The van der Waals surface area contributed by atoms with Crippen LogP contribution in [0.2, 0.25) is 0 Å². The number of hydrogen-bond donors (Lipinski definition) is 2. The van der Waals surface area contributed by atoms with E-state index in [1.54, 1.807) is 5.38 Å². The molecule has 0 spiro atoms. The van der Waals surface area contributed by atoms with Gasteiger partial charge in [-0.1, -0.05) is 0 Å². The lowest BCUT2D eigenvalue weighted by Gasteiger charge is -2.31. The smallest absolute Gasteiger partial charge is 0.429 e. The summed E-state index contributed by atoms with van der Waals surface area (Å²) >= 11 is 1.34. The van der Waals surface area contributed by atoms with Gasteiger partial charge in [0, 0.05) is 16.3 Å². The zero-order chi connectivity index (χ0) is 12.6. The molecule has 1 amide bonds. The summed E-state index contributed by atoms with van der Waals surface area (Å²) in [5.74, 6) is 3.93. The molecule has 3 N–H and O–H groups in total. The topological polar surface area (TPSA) is 92.9 Å². The molecule has 1 atom stereocenters. The molecule has 1 unspecified atom stereocenters. The van der Waals surface area contributed by atoms with Gasteiger partial charge in [-0.3, -0.25) is 4.90 Å². The minimum absolute atomic E-state index is 0.119. The van der Waals surface area contributed by atoms with E-state index in [1.807, 2.05) is 6.92 Å². The number of thiophene rings is 1. The fraction of sp³-hybridized carbons (Fsp3) is 0.400. The lowest BCUT2D eigenvalue weighted by Crippen LogP contribution is -2.43. The normalized spacial score (nSPS) is 18.7. The number of amides is 1. The summed E-state index contributed by atoms with van der Waals surface area (Å²) in [5, 5.41) is 10.6. The van der Waals surface area contributed by atoms with Crippen LogP contribution in [0.4, 0.5) is 4.79 Å². The Hall–Kier alpha value is -1.60. The number of rotatable bonds is 1. The van der Waals surface area contributed by atoms with Crippen molar-refractivity contribution in [3.05, 3.63) is 21.4 Å². The third-order valence-corrected chi connectivity index (χ3v) is 3.91. The average molecular weight is 256 g/mol. The number of fused-ring (bicyclic) bond motifs is 1. The molecule has 0 bridgehead atoms. The van der Waals surface area contributed by atoms with Gasteiger partial charge in [-0.05, 0) is 18.9 Å². The maximum Gasteiger partial charge on any atom is 0.429 e. The predicted molar refractivity (Wildman–Crippen MR) is 60.7 cm³/mol. The molecule has 0 fully saturated rings. The van der Waals surface area contributed by atoms with Crippen LogP contribution in [0.15, 0.2) is 5.38 Å². The van der Waals surface area contributed by atoms with Crippen molar-refractivity contribution in [2.45, 2.75) is 25.9 Å². The lowest BCUT2D eigenvalue weighted by atomic mass is 9.98. The number of carbonyl (C=O) groups excluding carboxylic acids is 1. The maximum atomic E-state index is 11.4. The average Bonchev–Trinajstić information content (AvgIpc) is 2.69. The van der Waals surface area contributed by atoms with Gasteiger partial charge < -0.3 is 9.94 Å². The summed E-state index contributed by atoms with van der Waals surface area (Å²) in [6.07, 6.45) is -0.0799. The van der Waals surface area contributed by atoms with Gasteiger partial charge in [0.1, 0.15) is 0 Å². The lowest BCUT2D eigenvalue weighted by molar-refractivity contribution is 0.0693. The molecule has 0 saturated carbocycles. The highest BCUT2D eigenvalue weighted by atomic mass is 32.1. The standard InChI is InChI=1S/C10H12N2O4S/c1-5-2-6-7(9(13)14)4-17-8(6)3-12(5)10(15)16-11/h4-5H,2-3,11H2,1H3,(H,13,14). The Morgan fingerprint density at radius 3 is 2.94 bits per heavy atom. The van der Waals surface area contributed by atoms with Crippen LogP contribution in [-0.4, -0.2) is 28.1 Å². The van der Waals surface area contributed by atoms with Gasteiger partial charge in [0.25, 0.3) is 0 Å². The fourth-order valence-corrected chi connectivity index (χ4v) is 3.04. The molecule has 2 heterocycles. The third-order valence-electron chi connectivity index (χ3n) is 2.89. The van der Waals surface area contributed by atoms with Crippen molar-refractivity contribution in [2.75, 3.05) is 0 Å². The van der Waals surface area contributed by atoms with Crippen LogP contribution in [0.5, 0.6) is 0 Å². The van der Waals surface area contributed by atoms with Crippen LogP contribution in [0, 0.1) is 0 Å². The highest BCUT2D eigenvalue weighted by Gasteiger charge is 2.31. The molecule has 1 aliphatic rings. The first kappa shape index (κ1) is 11.9. The Bertz CT molecular complexity index is 471. The Kier molecular flexibility index (Phi) is 3.03. The molecular formula is C10H12N2O4S. The van der Waals surface area contributed by atoms with Crippen LogP contribution in [0.25, 0.3) is 0 Å². The number of hydrogen-bond acceptors (Lipinski definition) is 5. The van der Waals surface area contributed by atoms with E-state index in [0.717, 1.165) is 10.4 Å². The van der Waals surface area contributed by atoms with Crippen LogP contribution in [-0.2, 0) is 17.8 Å². The summed E-state index contributed by atoms with van der Waals surface area (Å²) < 4.78 is 0. The van der Waals surface area contributed by atoms with Crippen molar-refractivity contribution in [1.29, 1.82) is 0 Å². The third kappa shape index (κ3) is 1.98. The van der Waals surface area contributed by atoms with E-state index in [9.17, 15) is 9.59 Å². The molecule has 0 aliphatic carbocycles. The molecule has 1 aliphatic heterocycles. The summed E-state index contributed by atoms with van der Waals surface area (Å²) in [4.78, 5) is 29.0. The van der Waals surface area contributed by atoms with Crippen LogP contribution < -0.4 is 5.90 Å². The SMILES string of the molecule is CC1Cc2c(C(=O)O)csc2CN1C(=O)ON. The van der Waals surface area contributed by atoms with Crippen molar-refractivity contribution >= 4 is 23.4 Å². The van der Waals surface area contributed by atoms with Crippen molar-refractivity contribution in [3.63, 3.8) is 0 Å². The predicted octanol–water partition coefficient (Wildman–Crippen LogP) is 1.20. The van der Waals surface area contributed by atoms with Gasteiger partial charge in [0.2, 0.25) is 0 Å². The monoisotopic (exact) mass is 256 g/mol. The summed E-state index contributed by atoms with van der Waals surface area (Å²) in [5.41, 5.74) is 1.15. The van der Waals surface area contributed by atoms with Crippen molar-refractivity contribution < 1.29 is 19.5 Å². The molecule has 1 aromatic rings. The summed E-state index contributed by atoms with van der Waals surface area (Å²) in [6.45, 7) is 2.19. The van der Waals surface area contributed by atoms with Gasteiger partial charge in [-0.2, -0.15) is 5.90 Å². The maximum absolute atomic E-state index is 11.4. The second-order valence-electron chi connectivity index (χ2n) is 3.92. The first-order valence-electron chi connectivity index (χ1n) is 5.04. The number of carboxylic acids is 1. The largest absolute Gasteiger partial charge is 0.478 e. The summed E-state index contributed by atoms with van der Waals surface area (Å²) in [6, 6.07) is -0.119. The van der Waals surface area contributed by atoms with E-state index in [-0.39, 0.29) is 6.04 Å². The molecule has 7 heteroatoms. The first-order chi connectivity index (χ1) is 8.04. The minimum Gasteiger partial charge on any atom is -0.478 e. The zero-order valence-corrected chi connectivity index (χ0v) is 9.99. The number of aromatic carboxylic acids is 1. The van der Waals surface area contributed by atoms with Gasteiger partial charge in [0.05, 0.1) is 12.1 Å². The van der Waals surface area contributed by atoms with Crippen LogP contribution >= 0.6 is 11.3 Å². The first-order valence-corrected chi connectivity index (χ1v) is 5.92.